The molecule has 2 aromatic carbocycles. The van der Waals surface area contributed by atoms with Gasteiger partial charge in [0.25, 0.3) is 5.56 Å². The first-order valence-corrected chi connectivity index (χ1v) is 9.92. The average Bonchev–Trinajstić information content (AvgIpc) is 2.66. The van der Waals surface area contributed by atoms with Crippen LogP contribution in [0.15, 0.2) is 53.3 Å². The number of hydrogen-bond donors (Lipinski definition) is 1. The fourth-order valence-electron chi connectivity index (χ4n) is 3.49. The lowest BCUT2D eigenvalue weighted by Gasteiger charge is -2.18. The summed E-state index contributed by atoms with van der Waals surface area (Å²) < 4.78 is 1.63. The third-order valence-corrected chi connectivity index (χ3v) is 4.87. The van der Waals surface area contributed by atoms with Gasteiger partial charge in [0.05, 0.1) is 11.3 Å². The smallest absolute Gasteiger partial charge is 0.261 e. The van der Waals surface area contributed by atoms with Crippen molar-refractivity contribution in [1.29, 1.82) is 0 Å². The Balaban J connectivity index is 2.27. The molecule has 0 spiro atoms. The molecule has 3 rings (SSSR count). The second-order valence-corrected chi connectivity index (χ2v) is 7.67. The third-order valence-electron chi connectivity index (χ3n) is 4.87. The molecule has 0 bridgehead atoms. The summed E-state index contributed by atoms with van der Waals surface area (Å²) in [7, 11) is 0. The molecule has 0 aliphatic carbocycles. The van der Waals surface area contributed by atoms with E-state index in [0.717, 1.165) is 29.8 Å². The van der Waals surface area contributed by atoms with E-state index in [-0.39, 0.29) is 11.3 Å². The van der Waals surface area contributed by atoms with E-state index in [2.05, 4.69) is 32.9 Å². The van der Waals surface area contributed by atoms with Gasteiger partial charge in [0.2, 0.25) is 0 Å². The molecule has 0 radical (unpaired) electrons. The molecular weight excluding hydrogens is 348 g/mol. The number of hydrogen-bond acceptors (Lipinski definition) is 3. The van der Waals surface area contributed by atoms with Crippen molar-refractivity contribution >= 4 is 0 Å². The molecule has 0 unspecified atom stereocenters. The van der Waals surface area contributed by atoms with Crippen molar-refractivity contribution < 1.29 is 5.11 Å². The van der Waals surface area contributed by atoms with Gasteiger partial charge in [-0.2, -0.15) is 0 Å². The zero-order valence-corrected chi connectivity index (χ0v) is 17.1. The monoisotopic (exact) mass is 376 g/mol. The largest absolute Gasteiger partial charge is 0.507 e. The molecule has 0 atom stereocenters. The molecule has 0 amide bonds. The zero-order valence-electron chi connectivity index (χ0n) is 17.1. The Kier molecular flexibility index (Phi) is 5.98. The first kappa shape index (κ1) is 19.9. The maximum Gasteiger partial charge on any atom is 0.261 e. The number of benzene rings is 2. The van der Waals surface area contributed by atoms with Gasteiger partial charge in [0.1, 0.15) is 5.75 Å². The molecule has 1 aromatic heterocycles. The Labute approximate surface area is 166 Å². The summed E-state index contributed by atoms with van der Waals surface area (Å²) in [6, 6.07) is 15.1. The first-order valence-electron chi connectivity index (χ1n) is 9.92. The maximum atomic E-state index is 13.5. The molecule has 1 heterocycles. The van der Waals surface area contributed by atoms with Gasteiger partial charge in [-0.1, -0.05) is 51.5 Å². The maximum absolute atomic E-state index is 13.5. The molecule has 0 aliphatic heterocycles. The molecule has 1 N–H and O–H groups in total. The van der Waals surface area contributed by atoms with Crippen molar-refractivity contribution in [3.63, 3.8) is 0 Å². The fourth-order valence-corrected chi connectivity index (χ4v) is 3.49. The highest BCUT2D eigenvalue weighted by molar-refractivity contribution is 5.66. The van der Waals surface area contributed by atoms with Crippen LogP contribution in [0.1, 0.15) is 44.0 Å². The van der Waals surface area contributed by atoms with Gasteiger partial charge in [0, 0.05) is 11.3 Å². The lowest BCUT2D eigenvalue weighted by molar-refractivity contribution is 0.476. The number of aromatic hydroxyl groups is 1. The summed E-state index contributed by atoms with van der Waals surface area (Å²) in [6.07, 6.45) is 2.76. The summed E-state index contributed by atoms with van der Waals surface area (Å²) >= 11 is 0. The van der Waals surface area contributed by atoms with Gasteiger partial charge in [-0.15, -0.1) is 0 Å². The van der Waals surface area contributed by atoms with Crippen molar-refractivity contribution in [2.75, 3.05) is 0 Å². The predicted molar refractivity (Wildman–Crippen MR) is 114 cm³/mol. The lowest BCUT2D eigenvalue weighted by Crippen LogP contribution is -2.27. The molecule has 0 fully saturated rings. The highest BCUT2D eigenvalue weighted by atomic mass is 16.3. The minimum Gasteiger partial charge on any atom is -0.507 e. The van der Waals surface area contributed by atoms with E-state index in [1.807, 2.05) is 25.1 Å². The van der Waals surface area contributed by atoms with Crippen LogP contribution in [0.5, 0.6) is 5.75 Å². The quantitative estimate of drug-likeness (QED) is 0.654. The first-order chi connectivity index (χ1) is 13.4. The van der Waals surface area contributed by atoms with Crippen LogP contribution in [-0.2, 0) is 12.8 Å². The number of phenolic OH excluding ortho intramolecular Hbond substituents is 1. The van der Waals surface area contributed by atoms with E-state index in [0.29, 0.717) is 23.7 Å². The number of aromatic nitrogens is 2. The van der Waals surface area contributed by atoms with Crippen molar-refractivity contribution in [1.82, 2.24) is 9.55 Å². The van der Waals surface area contributed by atoms with Crippen LogP contribution in [-0.4, -0.2) is 14.7 Å². The third kappa shape index (κ3) is 4.01. The highest BCUT2D eigenvalue weighted by Crippen LogP contribution is 2.29. The minimum atomic E-state index is -0.0669. The molecule has 4 nitrogen and oxygen atoms in total. The number of phenols is 1. The van der Waals surface area contributed by atoms with Gasteiger partial charge in [-0.3, -0.25) is 9.36 Å². The molecule has 3 aromatic rings. The predicted octanol–water partition coefficient (Wildman–Crippen LogP) is 5.06. The van der Waals surface area contributed by atoms with Crippen LogP contribution < -0.4 is 5.56 Å². The van der Waals surface area contributed by atoms with Gasteiger partial charge >= 0.3 is 0 Å². The van der Waals surface area contributed by atoms with Crippen molar-refractivity contribution in [2.24, 2.45) is 5.92 Å². The van der Waals surface area contributed by atoms with Crippen molar-refractivity contribution in [3.05, 3.63) is 75.7 Å². The highest BCUT2D eigenvalue weighted by Gasteiger charge is 2.19. The Morgan fingerprint density at radius 1 is 1.07 bits per heavy atom. The van der Waals surface area contributed by atoms with Gasteiger partial charge in [-0.05, 0) is 55.5 Å². The fraction of sp³-hybridized carbons (Fsp3) is 0.333. The van der Waals surface area contributed by atoms with Crippen LogP contribution in [0.25, 0.3) is 17.1 Å². The van der Waals surface area contributed by atoms with Crippen LogP contribution in [0.4, 0.5) is 0 Å². The summed E-state index contributed by atoms with van der Waals surface area (Å²) in [5.41, 5.74) is 3.94. The van der Waals surface area contributed by atoms with Crippen molar-refractivity contribution in [2.45, 2.75) is 47.0 Å². The molecule has 0 aliphatic rings. The summed E-state index contributed by atoms with van der Waals surface area (Å²) in [4.78, 5) is 18.2. The van der Waals surface area contributed by atoms with E-state index in [1.54, 1.807) is 22.8 Å². The van der Waals surface area contributed by atoms with E-state index in [1.165, 1.54) is 5.56 Å². The number of aryl methyl sites for hydroxylation is 2. The minimum absolute atomic E-state index is 0.0669. The normalized spacial score (nSPS) is 11.2. The molecule has 0 saturated carbocycles. The van der Waals surface area contributed by atoms with E-state index < -0.39 is 0 Å². The number of rotatable bonds is 6. The van der Waals surface area contributed by atoms with Crippen molar-refractivity contribution in [3.8, 4) is 22.8 Å². The van der Waals surface area contributed by atoms with Crippen LogP contribution in [0.2, 0.25) is 0 Å². The van der Waals surface area contributed by atoms with Gasteiger partial charge in [0.15, 0.2) is 5.82 Å². The molecular formula is C24H28N2O2. The topological polar surface area (TPSA) is 55.1 Å². The summed E-state index contributed by atoms with van der Waals surface area (Å²) in [6.45, 7) is 8.22. The Morgan fingerprint density at radius 3 is 2.36 bits per heavy atom. The second-order valence-electron chi connectivity index (χ2n) is 7.67. The summed E-state index contributed by atoms with van der Waals surface area (Å²) in [5, 5.41) is 10.4. The SMILES string of the molecule is CCCc1ccc(-n2c(-c3ccccc3O)nc(C)c(CC(C)C)c2=O)cc1. The second kappa shape index (κ2) is 8.42. The zero-order chi connectivity index (χ0) is 20.3. The molecule has 146 valence electrons. The summed E-state index contributed by atoms with van der Waals surface area (Å²) in [5.74, 6) is 0.933. The van der Waals surface area contributed by atoms with Gasteiger partial charge < -0.3 is 5.11 Å². The van der Waals surface area contributed by atoms with E-state index in [4.69, 9.17) is 4.98 Å². The average molecular weight is 377 g/mol. The Bertz CT molecular complexity index is 1020. The lowest BCUT2D eigenvalue weighted by atomic mass is 10.0. The molecule has 4 heteroatoms. The Hall–Kier alpha value is -2.88. The standard InChI is InChI=1S/C24H28N2O2/c1-5-8-18-11-13-19(14-12-18)26-23(20-9-6-7-10-22(20)27)25-17(4)21(24(26)28)15-16(2)3/h6-7,9-14,16,27H,5,8,15H2,1-4H3. The van der Waals surface area contributed by atoms with E-state index in [9.17, 15) is 9.90 Å². The number of para-hydroxylation sites is 1. The van der Waals surface area contributed by atoms with E-state index >= 15 is 0 Å². The van der Waals surface area contributed by atoms with Crippen LogP contribution in [0, 0.1) is 12.8 Å². The molecule has 0 saturated heterocycles. The van der Waals surface area contributed by atoms with Gasteiger partial charge in [-0.25, -0.2) is 4.98 Å². The number of nitrogens with zero attached hydrogens (tertiary/aromatic N) is 2. The Morgan fingerprint density at radius 2 is 1.75 bits per heavy atom. The van der Waals surface area contributed by atoms with Crippen LogP contribution in [0.3, 0.4) is 0 Å². The molecule has 28 heavy (non-hydrogen) atoms. The van der Waals surface area contributed by atoms with Crippen LogP contribution >= 0.6 is 0 Å².